The van der Waals surface area contributed by atoms with Crippen LogP contribution in [0.1, 0.15) is 11.3 Å². The van der Waals surface area contributed by atoms with Gasteiger partial charge in [0.15, 0.2) is 5.41 Å². The molecular weight excluding hydrogens is 236 g/mol. The second-order valence-electron chi connectivity index (χ2n) is 4.55. The third kappa shape index (κ3) is 1.21. The Morgan fingerprint density at radius 3 is 2.44 bits per heavy atom. The number of hydrogen-bond acceptors (Lipinski definition) is 3. The third-order valence-electron chi connectivity index (χ3n) is 3.54. The molecule has 18 heavy (non-hydrogen) atoms. The number of benzene rings is 1. The maximum atomic E-state index is 11.2. The van der Waals surface area contributed by atoms with E-state index in [4.69, 9.17) is 4.42 Å². The zero-order valence-corrected chi connectivity index (χ0v) is 9.34. The molecule has 92 valence electrons. The first-order chi connectivity index (χ1) is 8.54. The van der Waals surface area contributed by atoms with Gasteiger partial charge in [-0.25, -0.2) is 0 Å². The third-order valence-corrected chi connectivity index (χ3v) is 3.54. The van der Waals surface area contributed by atoms with Gasteiger partial charge in [0.2, 0.25) is 0 Å². The van der Waals surface area contributed by atoms with Crippen LogP contribution in [0.4, 0.5) is 0 Å². The average molecular weight is 246 g/mol. The lowest BCUT2D eigenvalue weighted by molar-refractivity contribution is -0.164. The summed E-state index contributed by atoms with van der Waals surface area (Å²) < 4.78 is 5.54. The van der Waals surface area contributed by atoms with Gasteiger partial charge in [-0.3, -0.25) is 9.59 Å². The second kappa shape index (κ2) is 3.35. The van der Waals surface area contributed by atoms with Gasteiger partial charge in [-0.15, -0.1) is 0 Å². The van der Waals surface area contributed by atoms with Crippen LogP contribution in [-0.2, 0) is 22.4 Å². The number of hydrogen-bond donors (Lipinski definition) is 2. The molecule has 5 heteroatoms. The highest BCUT2D eigenvalue weighted by Gasteiger charge is 2.53. The number of carbonyl (C=O) groups is 2. The Bertz CT molecular complexity index is 653. The molecule has 1 aliphatic carbocycles. The van der Waals surface area contributed by atoms with Gasteiger partial charge in [-0.1, -0.05) is 18.2 Å². The van der Waals surface area contributed by atoms with E-state index < -0.39 is 17.4 Å². The van der Waals surface area contributed by atoms with Gasteiger partial charge in [0.1, 0.15) is 11.3 Å². The largest absolute Gasteiger partial charge is 0.480 e. The molecule has 0 saturated heterocycles. The summed E-state index contributed by atoms with van der Waals surface area (Å²) in [5.41, 5.74) is -0.402. The van der Waals surface area contributed by atoms with Crippen LogP contribution >= 0.6 is 0 Å². The van der Waals surface area contributed by atoms with Crippen LogP contribution in [0, 0.1) is 5.41 Å². The molecular formula is C13H10O5. The van der Waals surface area contributed by atoms with Crippen LogP contribution in [0.25, 0.3) is 11.0 Å². The Morgan fingerprint density at radius 2 is 1.78 bits per heavy atom. The molecule has 1 aliphatic rings. The summed E-state index contributed by atoms with van der Waals surface area (Å²) in [7, 11) is 0. The van der Waals surface area contributed by atoms with Crippen molar-refractivity contribution in [3.8, 4) is 0 Å². The zero-order valence-electron chi connectivity index (χ0n) is 9.34. The molecule has 5 nitrogen and oxygen atoms in total. The van der Waals surface area contributed by atoms with Gasteiger partial charge >= 0.3 is 11.9 Å². The van der Waals surface area contributed by atoms with Crippen LogP contribution in [0.2, 0.25) is 0 Å². The minimum absolute atomic E-state index is 0.0238. The topological polar surface area (TPSA) is 87.7 Å². The predicted octanol–water partition coefficient (Wildman–Crippen LogP) is 1.69. The molecule has 0 spiro atoms. The van der Waals surface area contributed by atoms with Gasteiger partial charge in [0, 0.05) is 23.8 Å². The Labute approximate surface area is 102 Å². The van der Waals surface area contributed by atoms with Crippen molar-refractivity contribution >= 4 is 22.9 Å². The van der Waals surface area contributed by atoms with Crippen molar-refractivity contribution in [2.75, 3.05) is 0 Å². The van der Waals surface area contributed by atoms with E-state index in [2.05, 4.69) is 0 Å². The first-order valence-corrected chi connectivity index (χ1v) is 5.51. The molecule has 1 aromatic heterocycles. The first-order valence-electron chi connectivity index (χ1n) is 5.51. The number of fused-ring (bicyclic) bond motifs is 3. The number of para-hydroxylation sites is 1. The monoisotopic (exact) mass is 246 g/mol. The Kier molecular flexibility index (Phi) is 2.02. The van der Waals surface area contributed by atoms with Gasteiger partial charge in [0.25, 0.3) is 0 Å². The highest BCUT2D eigenvalue weighted by molar-refractivity contribution is 6.01. The van der Waals surface area contributed by atoms with Crippen molar-refractivity contribution < 1.29 is 24.2 Å². The van der Waals surface area contributed by atoms with Crippen molar-refractivity contribution in [1.29, 1.82) is 0 Å². The maximum Gasteiger partial charge on any atom is 0.321 e. The van der Waals surface area contributed by atoms with E-state index in [-0.39, 0.29) is 12.8 Å². The quantitative estimate of drug-likeness (QED) is 0.787. The number of aliphatic carboxylic acids is 2. The van der Waals surface area contributed by atoms with E-state index in [1.807, 2.05) is 18.2 Å². The molecule has 3 rings (SSSR count). The molecule has 0 fully saturated rings. The van der Waals surface area contributed by atoms with E-state index in [0.29, 0.717) is 16.9 Å². The number of furan rings is 1. The Balaban J connectivity index is 2.16. The van der Waals surface area contributed by atoms with Gasteiger partial charge in [0.05, 0.1) is 0 Å². The number of carboxylic acid groups (broad SMARTS) is 2. The minimum atomic E-state index is -1.78. The fourth-order valence-corrected chi connectivity index (χ4v) is 2.52. The Morgan fingerprint density at radius 1 is 1.11 bits per heavy atom. The molecule has 2 aromatic rings. The highest BCUT2D eigenvalue weighted by Crippen LogP contribution is 2.42. The van der Waals surface area contributed by atoms with E-state index >= 15 is 0 Å². The maximum absolute atomic E-state index is 11.2. The fourth-order valence-electron chi connectivity index (χ4n) is 2.52. The minimum Gasteiger partial charge on any atom is -0.480 e. The van der Waals surface area contributed by atoms with Crippen LogP contribution in [-0.4, -0.2) is 22.2 Å². The lowest BCUT2D eigenvalue weighted by Gasteiger charge is -2.17. The molecule has 0 atom stereocenters. The average Bonchev–Trinajstić information content (AvgIpc) is 2.83. The summed E-state index contributed by atoms with van der Waals surface area (Å²) >= 11 is 0. The van der Waals surface area contributed by atoms with Crippen molar-refractivity contribution in [3.63, 3.8) is 0 Å². The van der Waals surface area contributed by atoms with Crippen LogP contribution < -0.4 is 0 Å². The molecule has 0 radical (unpaired) electrons. The summed E-state index contributed by atoms with van der Waals surface area (Å²) in [6, 6.07) is 7.25. The van der Waals surface area contributed by atoms with Gasteiger partial charge in [-0.2, -0.15) is 0 Å². The van der Waals surface area contributed by atoms with E-state index in [0.717, 1.165) is 5.39 Å². The van der Waals surface area contributed by atoms with E-state index in [1.165, 1.54) is 0 Å². The summed E-state index contributed by atoms with van der Waals surface area (Å²) in [5, 5.41) is 19.2. The molecule has 1 aromatic carbocycles. The molecule has 0 aliphatic heterocycles. The van der Waals surface area contributed by atoms with Crippen molar-refractivity contribution in [2.45, 2.75) is 12.8 Å². The van der Waals surface area contributed by atoms with Gasteiger partial charge < -0.3 is 14.6 Å². The first kappa shape index (κ1) is 10.8. The number of carboxylic acids is 2. The summed E-state index contributed by atoms with van der Waals surface area (Å²) in [5.74, 6) is -2.16. The molecule has 0 unspecified atom stereocenters. The highest BCUT2D eigenvalue weighted by atomic mass is 16.4. The van der Waals surface area contributed by atoms with Crippen LogP contribution in [0.15, 0.2) is 28.7 Å². The van der Waals surface area contributed by atoms with E-state index in [1.54, 1.807) is 6.07 Å². The lowest BCUT2D eigenvalue weighted by atomic mass is 9.85. The smallest absolute Gasteiger partial charge is 0.321 e. The molecule has 1 heterocycles. The van der Waals surface area contributed by atoms with Gasteiger partial charge in [-0.05, 0) is 6.07 Å². The number of rotatable bonds is 2. The zero-order chi connectivity index (χ0) is 12.9. The molecule has 0 amide bonds. The SMILES string of the molecule is O=C(O)C1(C(=O)O)Cc2oc3ccccc3c2C1. The predicted molar refractivity (Wildman–Crippen MR) is 61.3 cm³/mol. The molecule has 0 bridgehead atoms. The standard InChI is InChI=1S/C13H10O5/c14-11(15)13(12(16)17)5-8-7-3-1-2-4-9(7)18-10(8)6-13/h1-4H,5-6H2,(H,14,15)(H,16,17). The summed E-state index contributed by atoms with van der Waals surface area (Å²) in [6.45, 7) is 0. The van der Waals surface area contributed by atoms with Crippen LogP contribution in [0.5, 0.6) is 0 Å². The summed E-state index contributed by atoms with van der Waals surface area (Å²) in [6.07, 6.45) is -0.119. The molecule has 2 N–H and O–H groups in total. The Hall–Kier alpha value is -2.30. The molecule has 0 saturated carbocycles. The normalized spacial score (nSPS) is 16.7. The van der Waals surface area contributed by atoms with Crippen LogP contribution in [0.3, 0.4) is 0 Å². The van der Waals surface area contributed by atoms with Crippen molar-refractivity contribution in [1.82, 2.24) is 0 Å². The van der Waals surface area contributed by atoms with E-state index in [9.17, 15) is 19.8 Å². The fraction of sp³-hybridized carbons (Fsp3) is 0.231. The lowest BCUT2D eigenvalue weighted by Crippen LogP contribution is -2.40. The van der Waals surface area contributed by atoms with Crippen molar-refractivity contribution in [2.24, 2.45) is 5.41 Å². The summed E-state index contributed by atoms with van der Waals surface area (Å²) in [4.78, 5) is 22.5. The van der Waals surface area contributed by atoms with Crippen molar-refractivity contribution in [3.05, 3.63) is 35.6 Å². The second-order valence-corrected chi connectivity index (χ2v) is 4.55.